The zero-order valence-electron chi connectivity index (χ0n) is 25.0. The Bertz CT molecular complexity index is 1070. The van der Waals surface area contributed by atoms with E-state index in [4.69, 9.17) is 9.47 Å². The summed E-state index contributed by atoms with van der Waals surface area (Å²) in [5, 5.41) is 21.7. The molecule has 2 aromatic carbocycles. The van der Waals surface area contributed by atoms with Gasteiger partial charge in [0.25, 0.3) is 0 Å². The number of hydrogen-bond acceptors (Lipinski definition) is 6. The molecule has 0 aliphatic rings. The molecule has 2 N–H and O–H groups in total. The van der Waals surface area contributed by atoms with E-state index < -0.39 is 11.9 Å². The number of hydrogen-bond donors (Lipinski definition) is 2. The smallest absolute Gasteiger partial charge is 0.336 e. The van der Waals surface area contributed by atoms with Crippen molar-refractivity contribution in [2.75, 3.05) is 0 Å². The van der Waals surface area contributed by atoms with Crippen LogP contribution in [0.5, 0.6) is 23.0 Å². The number of aromatic hydroxyl groups is 2. The number of carbonyl (C=O) groups is 2. The monoisotopic (exact) mass is 524 g/mol. The first-order valence-corrected chi connectivity index (χ1v) is 12.9. The van der Waals surface area contributed by atoms with Crippen LogP contribution in [0.1, 0.15) is 105 Å². The van der Waals surface area contributed by atoms with Crippen molar-refractivity contribution in [2.45, 2.75) is 105 Å². The van der Waals surface area contributed by atoms with Gasteiger partial charge in [-0.3, -0.25) is 0 Å². The van der Waals surface area contributed by atoms with Gasteiger partial charge in [-0.15, -0.1) is 0 Å². The van der Waals surface area contributed by atoms with Crippen LogP contribution in [0.25, 0.3) is 0 Å². The molecule has 0 aliphatic heterocycles. The van der Waals surface area contributed by atoms with E-state index in [9.17, 15) is 19.8 Å². The molecular weight excluding hydrogens is 480 g/mol. The molecular formula is C32H44O6. The third kappa shape index (κ3) is 7.62. The van der Waals surface area contributed by atoms with Gasteiger partial charge >= 0.3 is 11.9 Å². The van der Waals surface area contributed by atoms with Gasteiger partial charge in [-0.1, -0.05) is 83.1 Å². The topological polar surface area (TPSA) is 93.1 Å². The minimum absolute atomic E-state index is 0.182. The van der Waals surface area contributed by atoms with Crippen LogP contribution in [-0.2, 0) is 31.2 Å². The molecule has 38 heavy (non-hydrogen) atoms. The number of ether oxygens (including phenoxy) is 2. The van der Waals surface area contributed by atoms with Gasteiger partial charge < -0.3 is 19.7 Å². The van der Waals surface area contributed by atoms with Gasteiger partial charge in [0, 0.05) is 34.4 Å². The van der Waals surface area contributed by atoms with E-state index in [0.29, 0.717) is 22.3 Å². The quantitative estimate of drug-likeness (QED) is 0.247. The van der Waals surface area contributed by atoms with E-state index in [2.05, 4.69) is 0 Å². The molecule has 2 aromatic rings. The first-order chi connectivity index (χ1) is 17.0. The van der Waals surface area contributed by atoms with Crippen molar-refractivity contribution in [1.29, 1.82) is 0 Å². The van der Waals surface area contributed by atoms with E-state index in [1.54, 1.807) is 24.3 Å². The van der Waals surface area contributed by atoms with Gasteiger partial charge in [0.1, 0.15) is 23.0 Å². The molecule has 0 fully saturated rings. The minimum Gasteiger partial charge on any atom is -0.507 e. The molecule has 0 atom stereocenters. The van der Waals surface area contributed by atoms with Gasteiger partial charge in [-0.25, -0.2) is 9.59 Å². The van der Waals surface area contributed by atoms with Crippen LogP contribution in [-0.4, -0.2) is 22.2 Å². The number of phenolic OH excluding ortho intramolecular Hbond substituents is 2. The lowest BCUT2D eigenvalue weighted by molar-refractivity contribution is -0.131. The summed E-state index contributed by atoms with van der Waals surface area (Å²) >= 11 is 0. The molecule has 0 unspecified atom stereocenters. The number of phenols is 2. The lowest BCUT2D eigenvalue weighted by atomic mass is 9.79. The zero-order chi connectivity index (χ0) is 29.4. The molecule has 0 amide bonds. The van der Waals surface area contributed by atoms with E-state index in [0.717, 1.165) is 12.2 Å². The van der Waals surface area contributed by atoms with E-state index >= 15 is 0 Å². The van der Waals surface area contributed by atoms with Crippen molar-refractivity contribution in [3.05, 3.63) is 58.7 Å². The molecule has 0 bridgehead atoms. The normalized spacial score (nSPS) is 13.1. The summed E-state index contributed by atoms with van der Waals surface area (Å²) in [6.07, 6.45) is 2.02. The maximum absolute atomic E-state index is 12.6. The van der Waals surface area contributed by atoms with Gasteiger partial charge in [0.2, 0.25) is 0 Å². The molecule has 6 heteroatoms. The number of rotatable bonds is 4. The summed E-state index contributed by atoms with van der Waals surface area (Å²) in [6, 6.07) is 6.58. The van der Waals surface area contributed by atoms with Crippen LogP contribution >= 0.6 is 0 Å². The Kier molecular flexibility index (Phi) is 8.52. The largest absolute Gasteiger partial charge is 0.507 e. The predicted octanol–water partition coefficient (Wildman–Crippen LogP) is 7.36. The molecule has 0 radical (unpaired) electrons. The van der Waals surface area contributed by atoms with Crippen molar-refractivity contribution < 1.29 is 29.3 Å². The number of esters is 2. The molecule has 0 heterocycles. The summed E-state index contributed by atoms with van der Waals surface area (Å²) < 4.78 is 11.0. The second-order valence-corrected chi connectivity index (χ2v) is 13.9. The van der Waals surface area contributed by atoms with Crippen molar-refractivity contribution >= 4 is 11.9 Å². The SMILES string of the molecule is CC(C)(C)c1cc(OC(=O)C=CC(=O)Oc2cc(C(C)(C)C)c(O)c(C(C)(C)C)c2)cc(C(C)(C)C)c1O. The minimum atomic E-state index is -0.746. The molecule has 0 spiro atoms. The van der Waals surface area contributed by atoms with Crippen molar-refractivity contribution in [3.63, 3.8) is 0 Å². The predicted molar refractivity (Wildman–Crippen MR) is 151 cm³/mol. The third-order valence-corrected chi connectivity index (χ3v) is 6.19. The fourth-order valence-corrected chi connectivity index (χ4v) is 4.06. The average molecular weight is 525 g/mol. The highest BCUT2D eigenvalue weighted by Crippen LogP contribution is 2.43. The van der Waals surface area contributed by atoms with E-state index in [-0.39, 0.29) is 44.7 Å². The number of benzene rings is 2. The second kappa shape index (κ2) is 10.5. The summed E-state index contributed by atoms with van der Waals surface area (Å²) in [6.45, 7) is 23.6. The fraction of sp³-hybridized carbons (Fsp3) is 0.500. The van der Waals surface area contributed by atoms with Gasteiger partial charge in [-0.05, 0) is 45.9 Å². The van der Waals surface area contributed by atoms with E-state index in [1.165, 1.54) is 0 Å². The lowest BCUT2D eigenvalue weighted by Crippen LogP contribution is -2.18. The Morgan fingerprint density at radius 2 is 0.737 bits per heavy atom. The third-order valence-electron chi connectivity index (χ3n) is 6.19. The first-order valence-electron chi connectivity index (χ1n) is 12.9. The fourth-order valence-electron chi connectivity index (χ4n) is 4.06. The summed E-state index contributed by atoms with van der Waals surface area (Å²) in [5.41, 5.74) is 1.12. The van der Waals surface area contributed by atoms with Crippen LogP contribution in [0.15, 0.2) is 36.4 Å². The van der Waals surface area contributed by atoms with Gasteiger partial charge in [-0.2, -0.15) is 0 Å². The standard InChI is InChI=1S/C32H44O6/c1-29(2,3)21-15-19(16-22(27(21)35)30(4,5)6)37-25(33)13-14-26(34)38-20-17-23(31(7,8)9)28(36)24(18-20)32(10,11)12/h13-18,35-36H,1-12H3. The zero-order valence-corrected chi connectivity index (χ0v) is 25.0. The Balaban J connectivity index is 2.31. The highest BCUT2D eigenvalue weighted by molar-refractivity contribution is 5.93. The van der Waals surface area contributed by atoms with Gasteiger partial charge in [0.15, 0.2) is 0 Å². The maximum atomic E-state index is 12.6. The average Bonchev–Trinajstić information content (AvgIpc) is 2.71. The number of carbonyl (C=O) groups excluding carboxylic acids is 2. The van der Waals surface area contributed by atoms with Crippen molar-refractivity contribution in [2.24, 2.45) is 0 Å². The Hall–Kier alpha value is -3.28. The highest BCUT2D eigenvalue weighted by Gasteiger charge is 2.29. The van der Waals surface area contributed by atoms with Crippen LogP contribution in [0.4, 0.5) is 0 Å². The van der Waals surface area contributed by atoms with Crippen LogP contribution in [0.2, 0.25) is 0 Å². The van der Waals surface area contributed by atoms with Crippen molar-refractivity contribution in [3.8, 4) is 23.0 Å². The van der Waals surface area contributed by atoms with Gasteiger partial charge in [0.05, 0.1) is 0 Å². The summed E-state index contributed by atoms with van der Waals surface area (Å²) in [5.74, 6) is -0.565. The maximum Gasteiger partial charge on any atom is 0.336 e. The molecule has 6 nitrogen and oxygen atoms in total. The Morgan fingerprint density at radius 1 is 0.526 bits per heavy atom. The molecule has 0 aromatic heterocycles. The van der Waals surface area contributed by atoms with Crippen LogP contribution in [0, 0.1) is 0 Å². The van der Waals surface area contributed by atoms with E-state index in [1.807, 2.05) is 83.1 Å². The Labute approximate surface area is 227 Å². The first kappa shape index (κ1) is 30.9. The summed E-state index contributed by atoms with van der Waals surface area (Å²) in [7, 11) is 0. The lowest BCUT2D eigenvalue weighted by Gasteiger charge is -2.28. The highest BCUT2D eigenvalue weighted by atomic mass is 16.5. The van der Waals surface area contributed by atoms with Crippen LogP contribution < -0.4 is 9.47 Å². The Morgan fingerprint density at radius 3 is 0.921 bits per heavy atom. The molecule has 0 aliphatic carbocycles. The molecule has 0 saturated carbocycles. The summed E-state index contributed by atoms with van der Waals surface area (Å²) in [4.78, 5) is 25.2. The molecule has 208 valence electrons. The van der Waals surface area contributed by atoms with Crippen LogP contribution in [0.3, 0.4) is 0 Å². The molecule has 2 rings (SSSR count). The molecule has 0 saturated heterocycles. The second-order valence-electron chi connectivity index (χ2n) is 13.9. The van der Waals surface area contributed by atoms with Crippen molar-refractivity contribution in [1.82, 2.24) is 0 Å².